The zero-order valence-electron chi connectivity index (χ0n) is 20.7. The van der Waals surface area contributed by atoms with Crippen LogP contribution in [0.3, 0.4) is 0 Å². The van der Waals surface area contributed by atoms with Gasteiger partial charge in [0.05, 0.1) is 12.9 Å². The number of unbranched alkanes of at least 4 members (excludes halogenated alkanes) is 12. The fraction of sp³-hybridized carbons (Fsp3) is 0.778. The second-order valence-electron chi connectivity index (χ2n) is 8.64. The van der Waals surface area contributed by atoms with Crippen molar-refractivity contribution >= 4 is 10.1 Å². The van der Waals surface area contributed by atoms with E-state index in [1.165, 1.54) is 77.0 Å². The van der Waals surface area contributed by atoms with Crippen molar-refractivity contribution in [3.05, 3.63) is 36.0 Å². The van der Waals surface area contributed by atoms with Crippen LogP contribution in [0.4, 0.5) is 0 Å². The predicted molar refractivity (Wildman–Crippen MR) is 137 cm³/mol. The molecule has 0 aromatic rings. The summed E-state index contributed by atoms with van der Waals surface area (Å²) in [5.41, 5.74) is 1.55. The Morgan fingerprint density at radius 3 is 1.65 bits per heavy atom. The molecule has 0 atom stereocenters. The highest BCUT2D eigenvalue weighted by atomic mass is 32.2. The first-order chi connectivity index (χ1) is 15.0. The molecule has 0 heterocycles. The van der Waals surface area contributed by atoms with Gasteiger partial charge < -0.3 is 0 Å². The first kappa shape index (κ1) is 30.1. The molecule has 0 saturated carbocycles. The molecule has 0 aromatic heterocycles. The number of hydrogen-bond acceptors (Lipinski definition) is 3. The van der Waals surface area contributed by atoms with Crippen LogP contribution in [0.15, 0.2) is 36.0 Å². The molecule has 0 radical (unpaired) electrons. The maximum atomic E-state index is 10.9. The van der Waals surface area contributed by atoms with Crippen molar-refractivity contribution in [2.24, 2.45) is 0 Å². The maximum absolute atomic E-state index is 10.9. The first-order valence-electron chi connectivity index (χ1n) is 12.8. The molecule has 0 bridgehead atoms. The van der Waals surface area contributed by atoms with Gasteiger partial charge in [0.1, 0.15) is 0 Å². The lowest BCUT2D eigenvalue weighted by Crippen LogP contribution is -2.03. The molecule has 0 fully saturated rings. The van der Waals surface area contributed by atoms with Crippen molar-refractivity contribution in [1.82, 2.24) is 0 Å². The van der Waals surface area contributed by atoms with Crippen LogP contribution in [0, 0.1) is 0 Å². The number of hydrogen-bond donors (Lipinski definition) is 0. The average Bonchev–Trinajstić information content (AvgIpc) is 2.72. The number of rotatable bonds is 22. The van der Waals surface area contributed by atoms with Crippen LogP contribution in [-0.2, 0) is 14.3 Å². The lowest BCUT2D eigenvalue weighted by atomic mass is 10.0. The van der Waals surface area contributed by atoms with Crippen LogP contribution in [0.2, 0.25) is 0 Å². The van der Waals surface area contributed by atoms with E-state index >= 15 is 0 Å². The molecule has 0 rings (SSSR count). The van der Waals surface area contributed by atoms with Crippen LogP contribution in [-0.4, -0.2) is 21.3 Å². The Morgan fingerprint density at radius 1 is 0.645 bits per heavy atom. The molecule has 3 nitrogen and oxygen atoms in total. The van der Waals surface area contributed by atoms with Crippen LogP contribution in [0.1, 0.15) is 123 Å². The van der Waals surface area contributed by atoms with E-state index < -0.39 is 10.1 Å². The average molecular weight is 455 g/mol. The zero-order chi connectivity index (χ0) is 23.0. The molecule has 0 N–H and O–H groups in total. The Labute approximate surface area is 194 Å². The second-order valence-corrected chi connectivity index (χ2v) is 10.3. The quantitative estimate of drug-likeness (QED) is 0.0933. The summed E-state index contributed by atoms with van der Waals surface area (Å²) in [6, 6.07) is 0. The summed E-state index contributed by atoms with van der Waals surface area (Å²) in [5.74, 6) is 0. The molecule has 0 aliphatic carbocycles. The molecular weight excluding hydrogens is 404 g/mol. The van der Waals surface area contributed by atoms with Gasteiger partial charge in [0, 0.05) is 0 Å². The van der Waals surface area contributed by atoms with E-state index in [0.29, 0.717) is 6.61 Å². The van der Waals surface area contributed by atoms with E-state index in [2.05, 4.69) is 44.2 Å². The number of allylic oxidation sites excluding steroid dienone is 6. The van der Waals surface area contributed by atoms with Gasteiger partial charge in [-0.2, -0.15) is 8.42 Å². The maximum Gasteiger partial charge on any atom is 0.264 e. The van der Waals surface area contributed by atoms with Crippen LogP contribution in [0.25, 0.3) is 0 Å². The molecule has 0 spiro atoms. The minimum absolute atomic E-state index is 0.322. The van der Waals surface area contributed by atoms with Crippen molar-refractivity contribution in [2.75, 3.05) is 12.9 Å². The molecule has 0 aliphatic heterocycles. The van der Waals surface area contributed by atoms with Gasteiger partial charge in [-0.15, -0.1) is 0 Å². The SMILES string of the molecule is CCCCC/C=C/CC(=CCCCCCCCCOS(C)(=O)=O)C/C=C/CCCCC. The Kier molecular flexibility index (Phi) is 21.7. The minimum Gasteiger partial charge on any atom is -0.270 e. The Bertz CT molecular complexity index is 549. The minimum atomic E-state index is -3.28. The lowest BCUT2D eigenvalue weighted by molar-refractivity contribution is 0.309. The Morgan fingerprint density at radius 2 is 1.13 bits per heavy atom. The fourth-order valence-electron chi connectivity index (χ4n) is 3.45. The summed E-state index contributed by atoms with van der Waals surface area (Å²) in [6.45, 7) is 4.83. The smallest absolute Gasteiger partial charge is 0.264 e. The molecule has 182 valence electrons. The van der Waals surface area contributed by atoms with Gasteiger partial charge in [0.15, 0.2) is 0 Å². The van der Waals surface area contributed by atoms with E-state index in [-0.39, 0.29) is 0 Å². The topological polar surface area (TPSA) is 43.4 Å². The largest absolute Gasteiger partial charge is 0.270 e. The van der Waals surface area contributed by atoms with E-state index in [9.17, 15) is 8.42 Å². The highest BCUT2D eigenvalue weighted by molar-refractivity contribution is 7.85. The molecule has 31 heavy (non-hydrogen) atoms. The third kappa shape index (κ3) is 25.3. The molecule has 0 aromatic carbocycles. The van der Waals surface area contributed by atoms with Crippen LogP contribution >= 0.6 is 0 Å². The molecule has 0 amide bonds. The highest BCUT2D eigenvalue weighted by Crippen LogP contribution is 2.15. The lowest BCUT2D eigenvalue weighted by Gasteiger charge is -2.04. The van der Waals surface area contributed by atoms with Gasteiger partial charge in [-0.05, 0) is 57.8 Å². The zero-order valence-corrected chi connectivity index (χ0v) is 21.6. The van der Waals surface area contributed by atoms with Crippen LogP contribution < -0.4 is 0 Å². The Hall–Kier alpha value is -0.870. The summed E-state index contributed by atoms with van der Waals surface area (Å²) in [4.78, 5) is 0. The third-order valence-electron chi connectivity index (χ3n) is 5.37. The van der Waals surface area contributed by atoms with Gasteiger partial charge in [0.25, 0.3) is 10.1 Å². The van der Waals surface area contributed by atoms with E-state index in [0.717, 1.165) is 38.4 Å². The van der Waals surface area contributed by atoms with Crippen molar-refractivity contribution in [2.45, 2.75) is 123 Å². The molecule has 0 aliphatic rings. The standard InChI is InChI=1S/C27H50O3S/c1-4-6-8-10-15-19-23-27(24-20-16-11-9-7-5-2)25-21-17-13-12-14-18-22-26-30-31(3,28)29/h15-16,19-20,25H,4-14,17-18,21-24,26H2,1-3H3/b19-15+,20-16+. The molecule has 0 saturated heterocycles. The third-order valence-corrected chi connectivity index (χ3v) is 5.97. The fourth-order valence-corrected chi connectivity index (χ4v) is 3.87. The van der Waals surface area contributed by atoms with E-state index in [4.69, 9.17) is 4.18 Å². The monoisotopic (exact) mass is 454 g/mol. The summed E-state index contributed by atoms with van der Waals surface area (Å²) >= 11 is 0. The second kappa shape index (κ2) is 22.3. The van der Waals surface area contributed by atoms with E-state index in [1.54, 1.807) is 5.57 Å². The normalized spacial score (nSPS) is 12.2. The molecular formula is C27H50O3S. The Balaban J connectivity index is 4.09. The van der Waals surface area contributed by atoms with Gasteiger partial charge >= 0.3 is 0 Å². The summed E-state index contributed by atoms with van der Waals surface area (Å²) in [7, 11) is -3.28. The first-order valence-corrected chi connectivity index (χ1v) is 14.6. The van der Waals surface area contributed by atoms with Gasteiger partial charge in [0.2, 0.25) is 0 Å². The van der Waals surface area contributed by atoms with Gasteiger partial charge in [-0.3, -0.25) is 4.18 Å². The predicted octanol–water partition coefficient (Wildman–Crippen LogP) is 8.67. The summed E-state index contributed by atoms with van der Waals surface area (Å²) in [5, 5.41) is 0. The summed E-state index contributed by atoms with van der Waals surface area (Å²) in [6.07, 6.45) is 33.4. The van der Waals surface area contributed by atoms with E-state index in [1.807, 2.05) is 0 Å². The molecule has 4 heteroatoms. The summed E-state index contributed by atoms with van der Waals surface area (Å²) < 4.78 is 26.6. The highest BCUT2D eigenvalue weighted by Gasteiger charge is 2.00. The van der Waals surface area contributed by atoms with Gasteiger partial charge in [-0.25, -0.2) is 0 Å². The van der Waals surface area contributed by atoms with Crippen molar-refractivity contribution in [1.29, 1.82) is 0 Å². The van der Waals surface area contributed by atoms with Crippen molar-refractivity contribution in [3.8, 4) is 0 Å². The van der Waals surface area contributed by atoms with Crippen LogP contribution in [0.5, 0.6) is 0 Å². The van der Waals surface area contributed by atoms with Crippen molar-refractivity contribution in [3.63, 3.8) is 0 Å². The molecule has 0 unspecified atom stereocenters. The van der Waals surface area contributed by atoms with Crippen molar-refractivity contribution < 1.29 is 12.6 Å². The van der Waals surface area contributed by atoms with Gasteiger partial charge in [-0.1, -0.05) is 101 Å².